The minimum atomic E-state index is -3.15. The second kappa shape index (κ2) is 10.1. The number of rotatable bonds is 7. The first-order valence-corrected chi connectivity index (χ1v) is 13.1. The minimum Gasteiger partial charge on any atom is -0.337 e. The van der Waals surface area contributed by atoms with Gasteiger partial charge < -0.3 is 10.6 Å². The molecule has 1 aliphatic carbocycles. The number of nitrogens with zero attached hydrogens (tertiary/aromatic N) is 1. The average molecular weight is 436 g/mol. The monoisotopic (exact) mass is 435 g/mol. The van der Waals surface area contributed by atoms with Crippen LogP contribution in [-0.2, 0) is 15.4 Å². The standard InChI is InChI=1S/C23H37N3O3S/c1-3-17-30(28,29)26-15-11-20(12-16-26)25-22(27)24-18-23(13-7-4-8-14-23)21-10-6-5-9-19(21)2/h5-6,9-10,20H,3-4,7-8,11-18H2,1-2H3,(H2,24,25,27). The van der Waals surface area contributed by atoms with Gasteiger partial charge in [0.15, 0.2) is 0 Å². The number of urea groups is 1. The van der Waals surface area contributed by atoms with Crippen molar-refractivity contribution in [1.82, 2.24) is 14.9 Å². The van der Waals surface area contributed by atoms with E-state index in [-0.39, 0.29) is 23.2 Å². The maximum absolute atomic E-state index is 12.6. The van der Waals surface area contributed by atoms with Crippen LogP contribution in [0.1, 0.15) is 69.4 Å². The summed E-state index contributed by atoms with van der Waals surface area (Å²) in [6, 6.07) is 8.43. The molecule has 0 unspecified atom stereocenters. The zero-order valence-corrected chi connectivity index (χ0v) is 19.3. The van der Waals surface area contributed by atoms with Crippen molar-refractivity contribution in [2.24, 2.45) is 0 Å². The van der Waals surface area contributed by atoms with E-state index in [4.69, 9.17) is 0 Å². The van der Waals surface area contributed by atoms with E-state index in [0.717, 1.165) is 12.8 Å². The molecule has 1 aliphatic heterocycles. The molecule has 2 amide bonds. The first-order valence-electron chi connectivity index (χ1n) is 11.4. The van der Waals surface area contributed by atoms with Gasteiger partial charge in [-0.1, -0.05) is 50.5 Å². The quantitative estimate of drug-likeness (QED) is 0.685. The summed E-state index contributed by atoms with van der Waals surface area (Å²) in [6.07, 6.45) is 7.83. The fraction of sp³-hybridized carbons (Fsp3) is 0.696. The molecule has 7 heteroatoms. The number of piperidine rings is 1. The molecule has 0 bridgehead atoms. The lowest BCUT2D eigenvalue weighted by molar-refractivity contribution is 0.218. The zero-order valence-electron chi connectivity index (χ0n) is 18.5. The highest BCUT2D eigenvalue weighted by Gasteiger charge is 2.35. The highest BCUT2D eigenvalue weighted by molar-refractivity contribution is 7.89. The Balaban J connectivity index is 1.54. The largest absolute Gasteiger partial charge is 0.337 e. The Morgan fingerprint density at radius 1 is 1.13 bits per heavy atom. The normalized spacial score (nSPS) is 20.6. The summed E-state index contributed by atoms with van der Waals surface area (Å²) in [4.78, 5) is 12.6. The van der Waals surface area contributed by atoms with Gasteiger partial charge in [0.05, 0.1) is 5.75 Å². The SMILES string of the molecule is CCCS(=O)(=O)N1CCC(NC(=O)NCC2(c3ccccc3C)CCCCC2)CC1. The molecule has 0 spiro atoms. The molecule has 1 aromatic rings. The maximum atomic E-state index is 12.6. The molecular formula is C23H37N3O3S. The third-order valence-corrected chi connectivity index (χ3v) is 8.84. The Hall–Kier alpha value is -1.60. The van der Waals surface area contributed by atoms with Gasteiger partial charge in [-0.2, -0.15) is 0 Å². The summed E-state index contributed by atoms with van der Waals surface area (Å²) in [5, 5.41) is 6.22. The number of aryl methyl sites for hydroxylation is 1. The first-order chi connectivity index (χ1) is 14.4. The highest BCUT2D eigenvalue weighted by atomic mass is 32.2. The molecule has 1 saturated carbocycles. The van der Waals surface area contributed by atoms with Crippen LogP contribution >= 0.6 is 0 Å². The topological polar surface area (TPSA) is 78.5 Å². The molecule has 0 aromatic heterocycles. The Morgan fingerprint density at radius 3 is 2.43 bits per heavy atom. The van der Waals surface area contributed by atoms with Crippen LogP contribution in [0, 0.1) is 6.92 Å². The molecule has 0 radical (unpaired) electrons. The fourth-order valence-electron chi connectivity index (χ4n) is 5.09. The molecule has 2 aliphatic rings. The van der Waals surface area contributed by atoms with E-state index in [0.29, 0.717) is 38.9 Å². The number of sulfonamides is 1. The first kappa shape index (κ1) is 23.1. The zero-order chi connectivity index (χ0) is 21.6. The Kier molecular flexibility index (Phi) is 7.80. The number of amides is 2. The Labute approximate surface area is 181 Å². The molecule has 30 heavy (non-hydrogen) atoms. The number of hydrogen-bond donors (Lipinski definition) is 2. The van der Waals surface area contributed by atoms with Gasteiger partial charge in [-0.25, -0.2) is 17.5 Å². The van der Waals surface area contributed by atoms with Crippen LogP contribution in [0.3, 0.4) is 0 Å². The second-order valence-corrected chi connectivity index (χ2v) is 11.1. The van der Waals surface area contributed by atoms with Crippen molar-refractivity contribution >= 4 is 16.1 Å². The van der Waals surface area contributed by atoms with Crippen LogP contribution in [0.4, 0.5) is 4.79 Å². The molecule has 168 valence electrons. The van der Waals surface area contributed by atoms with Crippen molar-refractivity contribution in [3.05, 3.63) is 35.4 Å². The predicted molar refractivity (Wildman–Crippen MR) is 121 cm³/mol. The van der Waals surface area contributed by atoms with Gasteiger partial charge in [-0.3, -0.25) is 0 Å². The predicted octanol–water partition coefficient (Wildman–Crippen LogP) is 3.70. The maximum Gasteiger partial charge on any atom is 0.315 e. The number of carbonyl (C=O) groups excluding carboxylic acids is 1. The van der Waals surface area contributed by atoms with E-state index in [1.54, 1.807) is 4.31 Å². The van der Waals surface area contributed by atoms with E-state index in [1.807, 2.05) is 6.92 Å². The van der Waals surface area contributed by atoms with Crippen molar-refractivity contribution in [2.45, 2.75) is 76.7 Å². The van der Waals surface area contributed by atoms with E-state index in [2.05, 4.69) is 41.8 Å². The van der Waals surface area contributed by atoms with Gasteiger partial charge >= 0.3 is 6.03 Å². The van der Waals surface area contributed by atoms with E-state index >= 15 is 0 Å². The summed E-state index contributed by atoms with van der Waals surface area (Å²) in [5.41, 5.74) is 2.67. The van der Waals surface area contributed by atoms with Crippen LogP contribution in [0.5, 0.6) is 0 Å². The summed E-state index contributed by atoms with van der Waals surface area (Å²) in [5.74, 6) is 0.201. The van der Waals surface area contributed by atoms with Crippen molar-refractivity contribution in [3.8, 4) is 0 Å². The van der Waals surface area contributed by atoms with E-state index in [1.165, 1.54) is 30.4 Å². The van der Waals surface area contributed by atoms with Gasteiger partial charge in [0, 0.05) is 31.1 Å². The highest BCUT2D eigenvalue weighted by Crippen LogP contribution is 2.40. The van der Waals surface area contributed by atoms with Gasteiger partial charge in [0.25, 0.3) is 0 Å². The molecule has 1 aromatic carbocycles. The van der Waals surface area contributed by atoms with Crippen LogP contribution < -0.4 is 10.6 Å². The van der Waals surface area contributed by atoms with Crippen molar-refractivity contribution < 1.29 is 13.2 Å². The number of benzene rings is 1. The molecule has 2 fully saturated rings. The third kappa shape index (κ3) is 5.55. The van der Waals surface area contributed by atoms with Gasteiger partial charge in [-0.05, 0) is 50.2 Å². The van der Waals surface area contributed by atoms with Crippen molar-refractivity contribution in [1.29, 1.82) is 0 Å². The molecule has 1 heterocycles. The van der Waals surface area contributed by atoms with Crippen LogP contribution in [0.15, 0.2) is 24.3 Å². The van der Waals surface area contributed by atoms with E-state index in [9.17, 15) is 13.2 Å². The van der Waals surface area contributed by atoms with Crippen LogP contribution in [-0.4, -0.2) is 50.2 Å². The van der Waals surface area contributed by atoms with Crippen molar-refractivity contribution in [3.63, 3.8) is 0 Å². The summed E-state index contributed by atoms with van der Waals surface area (Å²) >= 11 is 0. The van der Waals surface area contributed by atoms with Crippen LogP contribution in [0.25, 0.3) is 0 Å². The molecule has 2 N–H and O–H groups in total. The summed E-state index contributed by atoms with van der Waals surface area (Å²) in [6.45, 7) is 5.66. The van der Waals surface area contributed by atoms with Crippen molar-refractivity contribution in [2.75, 3.05) is 25.4 Å². The Bertz CT molecular complexity index is 811. The number of carbonyl (C=O) groups is 1. The van der Waals surface area contributed by atoms with Gasteiger partial charge in [-0.15, -0.1) is 0 Å². The summed E-state index contributed by atoms with van der Waals surface area (Å²) < 4.78 is 26.0. The molecular weight excluding hydrogens is 398 g/mol. The number of nitrogens with one attached hydrogen (secondary N) is 2. The molecule has 3 rings (SSSR count). The van der Waals surface area contributed by atoms with Gasteiger partial charge in [0.1, 0.15) is 0 Å². The van der Waals surface area contributed by atoms with Crippen LogP contribution in [0.2, 0.25) is 0 Å². The lowest BCUT2D eigenvalue weighted by Gasteiger charge is -2.39. The average Bonchev–Trinajstić information content (AvgIpc) is 2.74. The smallest absolute Gasteiger partial charge is 0.315 e. The lowest BCUT2D eigenvalue weighted by Crippen LogP contribution is -2.51. The van der Waals surface area contributed by atoms with E-state index < -0.39 is 10.0 Å². The molecule has 1 saturated heterocycles. The molecule has 6 nitrogen and oxygen atoms in total. The lowest BCUT2D eigenvalue weighted by atomic mass is 9.68. The second-order valence-electron chi connectivity index (χ2n) is 8.97. The molecule has 0 atom stereocenters. The Morgan fingerprint density at radius 2 is 1.80 bits per heavy atom. The minimum absolute atomic E-state index is 0.0124. The third-order valence-electron chi connectivity index (χ3n) is 6.76. The summed E-state index contributed by atoms with van der Waals surface area (Å²) in [7, 11) is -3.15. The number of hydrogen-bond acceptors (Lipinski definition) is 3. The van der Waals surface area contributed by atoms with Gasteiger partial charge in [0.2, 0.25) is 10.0 Å². The fourth-order valence-corrected chi connectivity index (χ4v) is 6.63.